The first kappa shape index (κ1) is 44.9. The van der Waals surface area contributed by atoms with E-state index in [0.717, 1.165) is 27.4 Å². The number of fused-ring (bicyclic) bond motifs is 2. The first-order chi connectivity index (χ1) is 28.6. The van der Waals surface area contributed by atoms with Gasteiger partial charge in [0, 0.05) is 47.0 Å². The first-order valence-electron chi connectivity index (χ1n) is 20.7. The van der Waals surface area contributed by atoms with Gasteiger partial charge in [-0.2, -0.15) is 0 Å². The molecule has 16 nitrogen and oxygen atoms in total. The van der Waals surface area contributed by atoms with Crippen molar-refractivity contribution in [1.82, 2.24) is 41.9 Å². The van der Waals surface area contributed by atoms with Gasteiger partial charge in [0.1, 0.15) is 36.3 Å². The molecular weight excluding hydrogens is 769 g/mol. The molecule has 0 radical (unpaired) electrons. The van der Waals surface area contributed by atoms with Crippen molar-refractivity contribution >= 4 is 63.2 Å². The SMILES string of the molecule is CC[C@H](C)[C@@H]1NC(=O)[C@@H](CC(=O)O)NC(=O)[C@H](CC(C)C)NC(=O)[C@@H](Cc2c[nH]c3ccccc23)NC(=O)[C@@H](Cc2c[nH]c3ccccc23)NC(=O)[C@@H]([C@@H](C)CC)NC1=O. The molecule has 0 unspecified atom stereocenters. The highest BCUT2D eigenvalue weighted by Gasteiger charge is 2.38. The lowest BCUT2D eigenvalue weighted by molar-refractivity contribution is -0.142. The maximum atomic E-state index is 14.7. The summed E-state index contributed by atoms with van der Waals surface area (Å²) in [5.41, 5.74) is 3.04. The number of carbonyl (C=O) groups excluding carboxylic acids is 6. The fourth-order valence-corrected chi connectivity index (χ4v) is 7.53. The van der Waals surface area contributed by atoms with E-state index < -0.39 is 95.9 Å². The number of carboxylic acid groups (broad SMARTS) is 1. The van der Waals surface area contributed by atoms with Gasteiger partial charge >= 0.3 is 5.97 Å². The van der Waals surface area contributed by atoms with Gasteiger partial charge in [-0.3, -0.25) is 33.6 Å². The first-order valence-corrected chi connectivity index (χ1v) is 20.7. The Morgan fingerprint density at radius 2 is 0.933 bits per heavy atom. The number of benzene rings is 2. The molecule has 9 N–H and O–H groups in total. The summed E-state index contributed by atoms with van der Waals surface area (Å²) in [6.07, 6.45) is 3.65. The lowest BCUT2D eigenvalue weighted by atomic mass is 9.94. The van der Waals surface area contributed by atoms with E-state index in [1.54, 1.807) is 26.2 Å². The van der Waals surface area contributed by atoms with Crippen LogP contribution in [0, 0.1) is 17.8 Å². The molecule has 6 amide bonds. The van der Waals surface area contributed by atoms with Crippen LogP contribution in [0.2, 0.25) is 0 Å². The third-order valence-corrected chi connectivity index (χ3v) is 11.4. The van der Waals surface area contributed by atoms with Crippen LogP contribution in [0.15, 0.2) is 60.9 Å². The highest BCUT2D eigenvalue weighted by atomic mass is 16.4. The molecule has 0 saturated carbocycles. The van der Waals surface area contributed by atoms with Crippen LogP contribution in [-0.4, -0.2) is 92.7 Å². The quantitative estimate of drug-likeness (QED) is 0.103. The predicted octanol–water partition coefficient (Wildman–Crippen LogP) is 2.97. The minimum absolute atomic E-state index is 0.0130. The van der Waals surface area contributed by atoms with Crippen molar-refractivity contribution in [2.24, 2.45) is 17.8 Å². The molecule has 1 saturated heterocycles. The number of aromatic nitrogens is 2. The van der Waals surface area contributed by atoms with Crippen LogP contribution in [0.3, 0.4) is 0 Å². The van der Waals surface area contributed by atoms with E-state index in [-0.39, 0.29) is 25.2 Å². The summed E-state index contributed by atoms with van der Waals surface area (Å²) in [6.45, 7) is 10.8. The van der Waals surface area contributed by atoms with Crippen LogP contribution in [0.5, 0.6) is 0 Å². The van der Waals surface area contributed by atoms with E-state index in [9.17, 15) is 38.7 Å². The van der Waals surface area contributed by atoms with Crippen LogP contribution in [0.4, 0.5) is 0 Å². The van der Waals surface area contributed by atoms with E-state index >= 15 is 0 Å². The molecule has 1 fully saturated rings. The van der Waals surface area contributed by atoms with Gasteiger partial charge < -0.3 is 47.0 Å². The predicted molar refractivity (Wildman–Crippen MR) is 226 cm³/mol. The normalized spacial score (nSPS) is 23.7. The number of nitrogens with one attached hydrogen (secondary N) is 8. The van der Waals surface area contributed by atoms with Crippen molar-refractivity contribution in [1.29, 1.82) is 0 Å². The van der Waals surface area contributed by atoms with Gasteiger partial charge in [-0.1, -0.05) is 90.8 Å². The molecule has 0 aliphatic carbocycles. The molecule has 2 aromatic heterocycles. The summed E-state index contributed by atoms with van der Waals surface area (Å²) in [6, 6.07) is 7.17. The number of carboxylic acids is 1. The van der Waals surface area contributed by atoms with Gasteiger partial charge in [0.25, 0.3) is 0 Å². The lowest BCUT2D eigenvalue weighted by Crippen LogP contribution is -2.63. The molecule has 4 aromatic rings. The molecule has 2 aromatic carbocycles. The molecule has 322 valence electrons. The monoisotopic (exact) mass is 826 g/mol. The summed E-state index contributed by atoms with van der Waals surface area (Å²) in [4.78, 5) is 104. The smallest absolute Gasteiger partial charge is 0.305 e. The van der Waals surface area contributed by atoms with E-state index in [0.29, 0.717) is 18.4 Å². The molecule has 8 atom stereocenters. The standard InChI is InChI=1S/C44H58N8O8/c1-7-24(5)37-43(59)50-34(19-27-22-46-31-16-12-10-14-29(27)31)41(57)48-33(18-26-21-45-30-15-11-9-13-28(26)30)40(56)47-32(17-23(3)4)39(55)49-35(20-36(53)54)42(58)51-38(25(6)8-2)44(60)52-37/h9-16,21-25,32-35,37-38,45-46H,7-8,17-20H2,1-6H3,(H,47,56)(H,48,57)(H,49,55)(H,50,59)(H,51,58)(H,52,60)(H,53,54)/t24-,25-,32-,33+,34+,35+,37+,38-/m0/s1. The van der Waals surface area contributed by atoms with E-state index in [4.69, 9.17) is 0 Å². The lowest BCUT2D eigenvalue weighted by Gasteiger charge is -2.32. The number of hydrogen-bond donors (Lipinski definition) is 9. The Bertz CT molecular complexity index is 2200. The van der Waals surface area contributed by atoms with Gasteiger partial charge in [-0.15, -0.1) is 0 Å². The van der Waals surface area contributed by atoms with Crippen molar-refractivity contribution in [2.45, 2.75) is 116 Å². The maximum absolute atomic E-state index is 14.7. The number of H-pyrrole nitrogens is 2. The van der Waals surface area contributed by atoms with E-state index in [2.05, 4.69) is 41.9 Å². The zero-order chi connectivity index (χ0) is 43.7. The largest absolute Gasteiger partial charge is 0.481 e. The second-order valence-electron chi connectivity index (χ2n) is 16.3. The highest BCUT2D eigenvalue weighted by Crippen LogP contribution is 2.22. The molecule has 1 aliphatic heterocycles. The molecule has 5 rings (SSSR count). The fourth-order valence-electron chi connectivity index (χ4n) is 7.53. The Hall–Kier alpha value is -6.19. The van der Waals surface area contributed by atoms with Crippen molar-refractivity contribution in [2.75, 3.05) is 0 Å². The van der Waals surface area contributed by atoms with Crippen LogP contribution >= 0.6 is 0 Å². The Balaban J connectivity index is 1.62. The Kier molecular flexibility index (Phi) is 15.1. The molecule has 60 heavy (non-hydrogen) atoms. The van der Waals surface area contributed by atoms with Gasteiger partial charge in [0.15, 0.2) is 0 Å². The number of rotatable bonds is 12. The van der Waals surface area contributed by atoms with Gasteiger partial charge in [-0.25, -0.2) is 0 Å². The summed E-state index contributed by atoms with van der Waals surface area (Å²) < 4.78 is 0. The van der Waals surface area contributed by atoms with Crippen LogP contribution in [-0.2, 0) is 46.4 Å². The second-order valence-corrected chi connectivity index (χ2v) is 16.3. The third kappa shape index (κ3) is 11.1. The van der Waals surface area contributed by atoms with Crippen LogP contribution in [0.1, 0.15) is 78.4 Å². The average molecular weight is 827 g/mol. The molecule has 16 heteroatoms. The zero-order valence-electron chi connectivity index (χ0n) is 35.0. The van der Waals surface area contributed by atoms with Crippen molar-refractivity contribution < 1.29 is 38.7 Å². The maximum Gasteiger partial charge on any atom is 0.305 e. The minimum atomic E-state index is -1.62. The number of aliphatic carboxylic acids is 1. The number of aromatic amines is 2. The summed E-state index contributed by atoms with van der Waals surface area (Å²) in [5.74, 6) is -6.94. The number of carbonyl (C=O) groups is 7. The minimum Gasteiger partial charge on any atom is -0.481 e. The van der Waals surface area contributed by atoms with Crippen molar-refractivity contribution in [3.8, 4) is 0 Å². The van der Waals surface area contributed by atoms with Gasteiger partial charge in [0.2, 0.25) is 35.4 Å². The topological polar surface area (TPSA) is 243 Å². The van der Waals surface area contributed by atoms with Crippen molar-refractivity contribution in [3.63, 3.8) is 0 Å². The molecule has 0 spiro atoms. The summed E-state index contributed by atoms with van der Waals surface area (Å²) in [5, 5.41) is 27.9. The highest BCUT2D eigenvalue weighted by molar-refractivity contribution is 5.99. The van der Waals surface area contributed by atoms with Gasteiger partial charge in [-0.05, 0) is 47.4 Å². The van der Waals surface area contributed by atoms with E-state index in [1.807, 2.05) is 76.2 Å². The summed E-state index contributed by atoms with van der Waals surface area (Å²) in [7, 11) is 0. The Morgan fingerprint density at radius 3 is 1.40 bits per heavy atom. The fraction of sp³-hybridized carbons (Fsp3) is 0.477. The number of amides is 6. The molecular formula is C44H58N8O8. The molecule has 3 heterocycles. The number of para-hydroxylation sites is 2. The van der Waals surface area contributed by atoms with E-state index in [1.165, 1.54) is 0 Å². The Labute approximate surface area is 349 Å². The molecule has 1 aliphatic rings. The Morgan fingerprint density at radius 1 is 0.550 bits per heavy atom. The number of hydrogen-bond acceptors (Lipinski definition) is 7. The van der Waals surface area contributed by atoms with Crippen LogP contribution < -0.4 is 31.9 Å². The van der Waals surface area contributed by atoms with Gasteiger partial charge in [0.05, 0.1) is 6.42 Å². The third-order valence-electron chi connectivity index (χ3n) is 11.4. The second kappa shape index (κ2) is 20.2. The summed E-state index contributed by atoms with van der Waals surface area (Å²) >= 11 is 0. The van der Waals surface area contributed by atoms with Crippen molar-refractivity contribution in [3.05, 3.63) is 72.1 Å². The zero-order valence-corrected chi connectivity index (χ0v) is 35.0. The van der Waals surface area contributed by atoms with Crippen LogP contribution in [0.25, 0.3) is 21.8 Å². The molecule has 0 bridgehead atoms. The average Bonchev–Trinajstić information content (AvgIpc) is 3.83.